The zero-order chi connectivity index (χ0) is 27.7. The van der Waals surface area contributed by atoms with Crippen molar-refractivity contribution in [2.45, 2.75) is 9.79 Å². The van der Waals surface area contributed by atoms with Crippen LogP contribution in [0, 0.1) is 0 Å². The number of methoxy groups -OCH3 is 2. The van der Waals surface area contributed by atoms with E-state index in [2.05, 4.69) is 15.5 Å². The van der Waals surface area contributed by atoms with Crippen LogP contribution in [0.15, 0.2) is 76.5 Å². The quantitative estimate of drug-likeness (QED) is 0.160. The summed E-state index contributed by atoms with van der Waals surface area (Å²) in [4.78, 5) is 14.0. The standard InChI is InChI=1S/C22H19N5O9S2/c1-35-19-10-8-15(37(29,30)31)12-17(19)26-24-21(22(28)23-14-6-4-3-5-7-14)25-27(26)18-13-16(38(32,33)34)9-11-20(18)36-2/h3-13H,1-2H3,(H2-,23,28,29,30,31,32,33,34)/p+2. The monoisotopic (exact) mass is 563 g/mol. The van der Waals surface area contributed by atoms with Gasteiger partial charge in [0.15, 0.2) is 17.2 Å². The van der Waals surface area contributed by atoms with Gasteiger partial charge in [0.05, 0.1) is 24.2 Å². The van der Waals surface area contributed by atoms with Crippen molar-refractivity contribution in [1.29, 1.82) is 0 Å². The molecule has 14 nitrogen and oxygen atoms in total. The molecule has 198 valence electrons. The molecule has 4 N–H and O–H groups in total. The average Bonchev–Trinajstić information content (AvgIpc) is 3.33. The summed E-state index contributed by atoms with van der Waals surface area (Å²) in [7, 11) is -6.48. The van der Waals surface area contributed by atoms with Crippen LogP contribution in [0.1, 0.15) is 10.6 Å². The zero-order valence-electron chi connectivity index (χ0n) is 19.7. The van der Waals surface area contributed by atoms with Crippen LogP contribution in [0.25, 0.3) is 11.4 Å². The van der Waals surface area contributed by atoms with E-state index in [1.165, 1.54) is 26.4 Å². The number of tetrazole rings is 1. The van der Waals surface area contributed by atoms with E-state index in [0.29, 0.717) is 5.69 Å². The van der Waals surface area contributed by atoms with Gasteiger partial charge in [0, 0.05) is 27.7 Å². The molecule has 3 aromatic carbocycles. The molecular formula is C22H21N5O9S2+2. The highest BCUT2D eigenvalue weighted by Crippen LogP contribution is 2.27. The number of benzene rings is 3. The maximum absolute atomic E-state index is 13.0. The van der Waals surface area contributed by atoms with Crippen LogP contribution >= 0.6 is 0 Å². The molecule has 0 aliphatic rings. The molecule has 0 spiro atoms. The van der Waals surface area contributed by atoms with Crippen molar-refractivity contribution in [1.82, 2.24) is 15.0 Å². The first-order valence-electron chi connectivity index (χ1n) is 10.5. The molecule has 1 atom stereocenters. The largest absolute Gasteiger partial charge is 0.494 e. The molecule has 4 rings (SSSR count). The predicted molar refractivity (Wildman–Crippen MR) is 131 cm³/mol. The van der Waals surface area contributed by atoms with Crippen LogP contribution in [-0.4, -0.2) is 61.1 Å². The second-order valence-corrected chi connectivity index (χ2v) is 10.4. The SMILES string of the molecule is COc1ccc(S(=O)(O)=[OH+])cc1-n1nc(C(=O)Nc2ccccc2)n[n+]1-c1cc(S(=O)(=O)O)ccc1OC. The summed E-state index contributed by atoms with van der Waals surface area (Å²) in [6.45, 7) is 0. The van der Waals surface area contributed by atoms with E-state index in [4.69, 9.17) is 9.47 Å². The van der Waals surface area contributed by atoms with Crippen LogP contribution in [0.3, 0.4) is 0 Å². The normalized spacial score (nSPS) is 12.9. The maximum atomic E-state index is 13.0. The maximum Gasteiger partial charge on any atom is 0.435 e. The topological polar surface area (TPSA) is 195 Å². The molecule has 0 radical (unpaired) electrons. The van der Waals surface area contributed by atoms with Gasteiger partial charge in [0.2, 0.25) is 5.69 Å². The van der Waals surface area contributed by atoms with Crippen LogP contribution in [-0.2, 0) is 20.2 Å². The Labute approximate surface area is 216 Å². The first-order valence-corrected chi connectivity index (χ1v) is 13.4. The Morgan fingerprint density at radius 2 is 1.58 bits per heavy atom. The smallest absolute Gasteiger partial charge is 0.435 e. The van der Waals surface area contributed by atoms with Crippen LogP contribution < -0.4 is 19.6 Å². The lowest BCUT2D eigenvalue weighted by molar-refractivity contribution is -0.735. The van der Waals surface area contributed by atoms with Gasteiger partial charge < -0.3 is 14.8 Å². The van der Waals surface area contributed by atoms with Gasteiger partial charge in [-0.05, 0) is 41.2 Å². The molecule has 1 amide bonds. The van der Waals surface area contributed by atoms with Crippen molar-refractivity contribution in [3.63, 3.8) is 0 Å². The van der Waals surface area contributed by atoms with Gasteiger partial charge >= 0.3 is 21.8 Å². The number of amides is 1. The molecule has 1 heterocycles. The average molecular weight is 564 g/mol. The van der Waals surface area contributed by atoms with Crippen LogP contribution in [0.2, 0.25) is 0 Å². The summed E-state index contributed by atoms with van der Waals surface area (Å²) < 4.78 is 75.2. The molecule has 0 saturated heterocycles. The van der Waals surface area contributed by atoms with Gasteiger partial charge in [0.25, 0.3) is 10.1 Å². The highest BCUT2D eigenvalue weighted by atomic mass is 32.2. The molecule has 1 unspecified atom stereocenters. The Hall–Kier alpha value is -4.38. The third-order valence-corrected chi connectivity index (χ3v) is 6.85. The predicted octanol–water partition coefficient (Wildman–Crippen LogP) is 1.46. The minimum Gasteiger partial charge on any atom is -0.494 e. The van der Waals surface area contributed by atoms with E-state index >= 15 is 0 Å². The number of aromatic nitrogens is 4. The van der Waals surface area contributed by atoms with E-state index in [9.17, 15) is 30.7 Å². The number of rotatable bonds is 8. The second-order valence-electron chi connectivity index (χ2n) is 7.56. The number of para-hydroxylation sites is 1. The van der Waals surface area contributed by atoms with Crippen LogP contribution in [0.4, 0.5) is 5.69 Å². The third-order valence-electron chi connectivity index (χ3n) is 5.13. The first-order chi connectivity index (χ1) is 17.9. The summed E-state index contributed by atoms with van der Waals surface area (Å²) >= 11 is 0. The van der Waals surface area contributed by atoms with E-state index in [0.717, 1.165) is 33.9 Å². The lowest BCUT2D eigenvalue weighted by atomic mass is 10.3. The highest BCUT2D eigenvalue weighted by Gasteiger charge is 2.33. The lowest BCUT2D eigenvalue weighted by Gasteiger charge is -2.09. The summed E-state index contributed by atoms with van der Waals surface area (Å²) in [5.74, 6) is -1.02. The van der Waals surface area contributed by atoms with Gasteiger partial charge in [-0.1, -0.05) is 18.2 Å². The van der Waals surface area contributed by atoms with Crippen molar-refractivity contribution < 1.29 is 45.0 Å². The molecule has 0 aliphatic carbocycles. The molecule has 0 bridgehead atoms. The van der Waals surface area contributed by atoms with Crippen molar-refractivity contribution in [2.24, 2.45) is 0 Å². The second kappa shape index (κ2) is 10.2. The molecule has 0 fully saturated rings. The molecule has 1 aromatic heterocycles. The van der Waals surface area contributed by atoms with E-state index in [1.807, 2.05) is 0 Å². The first kappa shape index (κ1) is 26.7. The molecule has 4 aromatic rings. The molecule has 0 aliphatic heterocycles. The Morgan fingerprint density at radius 3 is 2.18 bits per heavy atom. The number of nitrogens with one attached hydrogen (secondary N) is 1. The summed E-state index contributed by atoms with van der Waals surface area (Å²) in [5.41, 5.74) is 0.285. The molecule has 0 saturated carbocycles. The van der Waals surface area contributed by atoms with Gasteiger partial charge in [-0.15, -0.1) is 4.21 Å². The van der Waals surface area contributed by atoms with E-state index in [1.54, 1.807) is 30.3 Å². The Kier molecular flexibility index (Phi) is 7.14. The molecule has 38 heavy (non-hydrogen) atoms. The zero-order valence-corrected chi connectivity index (χ0v) is 21.4. The third kappa shape index (κ3) is 5.47. The summed E-state index contributed by atoms with van der Waals surface area (Å²) in [6.07, 6.45) is 0. The number of anilines is 1. The Morgan fingerprint density at radius 1 is 0.947 bits per heavy atom. The van der Waals surface area contributed by atoms with Gasteiger partial charge in [-0.3, -0.25) is 9.35 Å². The number of hydrogen-bond acceptors (Lipinski definition) is 8. The summed E-state index contributed by atoms with van der Waals surface area (Å²) in [5, 5.41) is 11.0. The fourth-order valence-electron chi connectivity index (χ4n) is 3.37. The number of carbonyl (C=O) groups is 1. The fraction of sp³-hybridized carbons (Fsp3) is 0.0909. The number of carbonyl (C=O) groups excluding carboxylic acids is 1. The van der Waals surface area contributed by atoms with E-state index in [-0.39, 0.29) is 22.9 Å². The molecular weight excluding hydrogens is 542 g/mol. The van der Waals surface area contributed by atoms with Gasteiger partial charge in [-0.2, -0.15) is 12.6 Å². The summed E-state index contributed by atoms with van der Waals surface area (Å²) in [6, 6.07) is 15.3. The van der Waals surface area contributed by atoms with E-state index < -0.39 is 41.8 Å². The van der Waals surface area contributed by atoms with Crippen molar-refractivity contribution >= 4 is 31.8 Å². The minimum atomic E-state index is -4.66. The Balaban J connectivity index is 2.00. The van der Waals surface area contributed by atoms with Crippen molar-refractivity contribution in [3.8, 4) is 22.9 Å². The minimum absolute atomic E-state index is 0.0635. The van der Waals surface area contributed by atoms with Gasteiger partial charge in [0.1, 0.15) is 4.90 Å². The van der Waals surface area contributed by atoms with Crippen LogP contribution in [0.5, 0.6) is 11.5 Å². The fourth-order valence-corrected chi connectivity index (χ4v) is 4.38. The van der Waals surface area contributed by atoms with Gasteiger partial charge in [-0.25, -0.2) is 4.55 Å². The number of ether oxygens (including phenoxy) is 2. The molecule has 16 heteroatoms. The number of nitrogens with zero attached hydrogens (tertiary/aromatic N) is 4. The Bertz CT molecular complexity index is 1640. The number of hydrogen-bond donors (Lipinski definition) is 3. The lowest BCUT2D eigenvalue weighted by Crippen LogP contribution is -2.44. The van der Waals surface area contributed by atoms with Crippen molar-refractivity contribution in [3.05, 3.63) is 72.6 Å². The van der Waals surface area contributed by atoms with Crippen molar-refractivity contribution in [2.75, 3.05) is 19.5 Å². The highest BCUT2D eigenvalue weighted by molar-refractivity contribution is 7.86.